The van der Waals surface area contributed by atoms with Crippen LogP contribution < -0.4 is 10.5 Å². The van der Waals surface area contributed by atoms with Gasteiger partial charge < -0.3 is 10.3 Å². The number of primary sulfonamides is 1. The summed E-state index contributed by atoms with van der Waals surface area (Å²) in [7, 11) is -3.99. The lowest BCUT2D eigenvalue weighted by Crippen LogP contribution is -2.27. The molecule has 0 aliphatic heterocycles. The van der Waals surface area contributed by atoms with Crippen molar-refractivity contribution in [3.8, 4) is 0 Å². The zero-order chi connectivity index (χ0) is 17.7. The first kappa shape index (κ1) is 18.4. The van der Waals surface area contributed by atoms with Gasteiger partial charge in [-0.25, -0.2) is 22.9 Å². The molecular formula is C14H17FN4O3S2. The lowest BCUT2D eigenvalue weighted by atomic mass is 10.2. The molecule has 24 heavy (non-hydrogen) atoms. The summed E-state index contributed by atoms with van der Waals surface area (Å²) >= 11 is 1.57. The number of nitrogens with one attached hydrogen (secondary N) is 2. The number of thioether (sulfide) groups is 1. The normalized spacial score (nSPS) is 11.5. The molecular weight excluding hydrogens is 355 g/mol. The highest BCUT2D eigenvalue weighted by molar-refractivity contribution is 7.98. The lowest BCUT2D eigenvalue weighted by Gasteiger charge is -2.07. The van der Waals surface area contributed by atoms with E-state index in [-0.39, 0.29) is 10.5 Å². The standard InChI is InChI=1S/C14H17FN4O3S2/c1-9-13(19-8-18-9)7-23-5-4-17-14(20)11-6-10(24(16,21)22)2-3-12(11)15/h2-3,6,8H,4-5,7H2,1H3,(H,17,20)(H,18,19)(H2,16,21,22). The minimum atomic E-state index is -3.99. The van der Waals surface area contributed by atoms with Crippen LogP contribution in [-0.2, 0) is 15.8 Å². The van der Waals surface area contributed by atoms with E-state index in [1.165, 1.54) is 0 Å². The van der Waals surface area contributed by atoms with Crippen LogP contribution in [0.2, 0.25) is 0 Å². The Morgan fingerprint density at radius 1 is 1.46 bits per heavy atom. The summed E-state index contributed by atoms with van der Waals surface area (Å²) in [5.74, 6) is -0.191. The maximum atomic E-state index is 13.7. The Kier molecular flexibility index (Phi) is 5.97. The average Bonchev–Trinajstić information content (AvgIpc) is 2.91. The summed E-state index contributed by atoms with van der Waals surface area (Å²) in [4.78, 5) is 18.8. The molecule has 0 saturated carbocycles. The zero-order valence-corrected chi connectivity index (χ0v) is 14.5. The molecule has 0 radical (unpaired) electrons. The Bertz CT molecular complexity index is 836. The number of hydrogen-bond acceptors (Lipinski definition) is 5. The first-order valence-electron chi connectivity index (χ1n) is 6.96. The maximum Gasteiger partial charge on any atom is 0.254 e. The predicted octanol–water partition coefficient (Wildman–Crippen LogP) is 1.17. The summed E-state index contributed by atoms with van der Waals surface area (Å²) < 4.78 is 36.2. The number of aryl methyl sites for hydroxylation is 1. The van der Waals surface area contributed by atoms with Crippen molar-refractivity contribution in [2.75, 3.05) is 12.3 Å². The van der Waals surface area contributed by atoms with E-state index in [1.54, 1.807) is 18.1 Å². The topological polar surface area (TPSA) is 118 Å². The predicted molar refractivity (Wildman–Crippen MR) is 89.6 cm³/mol. The largest absolute Gasteiger partial charge is 0.351 e. The van der Waals surface area contributed by atoms with Gasteiger partial charge in [-0.3, -0.25) is 4.79 Å². The molecule has 2 aromatic rings. The second kappa shape index (κ2) is 7.77. The highest BCUT2D eigenvalue weighted by Gasteiger charge is 2.16. The second-order valence-electron chi connectivity index (χ2n) is 4.97. The summed E-state index contributed by atoms with van der Waals surface area (Å²) in [5.41, 5.74) is 1.58. The van der Waals surface area contributed by atoms with Gasteiger partial charge in [-0.2, -0.15) is 11.8 Å². The molecule has 130 valence electrons. The van der Waals surface area contributed by atoms with Crippen molar-refractivity contribution in [1.82, 2.24) is 15.3 Å². The summed E-state index contributed by atoms with van der Waals surface area (Å²) in [5, 5.41) is 7.53. The van der Waals surface area contributed by atoms with E-state index in [0.29, 0.717) is 18.1 Å². The van der Waals surface area contributed by atoms with Gasteiger partial charge in [0.25, 0.3) is 5.91 Å². The number of hydrogen-bond donors (Lipinski definition) is 3. The Hall–Kier alpha value is -1.91. The van der Waals surface area contributed by atoms with Crippen molar-refractivity contribution >= 4 is 27.7 Å². The summed E-state index contributed by atoms with van der Waals surface area (Å²) in [6.07, 6.45) is 1.62. The maximum absolute atomic E-state index is 13.7. The Morgan fingerprint density at radius 3 is 2.83 bits per heavy atom. The van der Waals surface area contributed by atoms with E-state index in [2.05, 4.69) is 15.3 Å². The van der Waals surface area contributed by atoms with Crippen molar-refractivity contribution < 1.29 is 17.6 Å². The molecule has 1 amide bonds. The Labute approximate surface area is 143 Å². The van der Waals surface area contributed by atoms with E-state index in [1.807, 2.05) is 6.92 Å². The van der Waals surface area contributed by atoms with E-state index in [9.17, 15) is 17.6 Å². The lowest BCUT2D eigenvalue weighted by molar-refractivity contribution is 0.0952. The minimum absolute atomic E-state index is 0.308. The fourth-order valence-electron chi connectivity index (χ4n) is 1.89. The molecule has 7 nitrogen and oxygen atoms in total. The van der Waals surface area contributed by atoms with Gasteiger partial charge in [0.2, 0.25) is 10.0 Å². The molecule has 1 aromatic heterocycles. The van der Waals surface area contributed by atoms with Crippen molar-refractivity contribution in [2.45, 2.75) is 17.6 Å². The van der Waals surface area contributed by atoms with E-state index < -0.39 is 21.7 Å². The molecule has 4 N–H and O–H groups in total. The number of nitrogens with two attached hydrogens (primary N) is 1. The van der Waals surface area contributed by atoms with Gasteiger partial charge in [-0.1, -0.05) is 0 Å². The van der Waals surface area contributed by atoms with Crippen LogP contribution in [0.15, 0.2) is 29.4 Å². The van der Waals surface area contributed by atoms with Gasteiger partial charge >= 0.3 is 0 Å². The van der Waals surface area contributed by atoms with Crippen molar-refractivity contribution in [3.63, 3.8) is 0 Å². The number of imidazole rings is 1. The van der Waals surface area contributed by atoms with Crippen LogP contribution in [-0.4, -0.2) is 36.6 Å². The van der Waals surface area contributed by atoms with Crippen LogP contribution in [0.4, 0.5) is 4.39 Å². The molecule has 0 spiro atoms. The van der Waals surface area contributed by atoms with Crippen LogP contribution in [0.1, 0.15) is 21.7 Å². The van der Waals surface area contributed by atoms with Gasteiger partial charge in [-0.15, -0.1) is 0 Å². The van der Waals surface area contributed by atoms with Gasteiger partial charge in [0.05, 0.1) is 22.5 Å². The number of carbonyl (C=O) groups excluding carboxylic acids is 1. The van der Waals surface area contributed by atoms with Gasteiger partial charge in [-0.05, 0) is 25.1 Å². The third-order valence-electron chi connectivity index (χ3n) is 3.22. The van der Waals surface area contributed by atoms with Crippen LogP contribution in [0, 0.1) is 12.7 Å². The van der Waals surface area contributed by atoms with Crippen molar-refractivity contribution in [2.24, 2.45) is 5.14 Å². The Balaban J connectivity index is 1.87. The fraction of sp³-hybridized carbons (Fsp3) is 0.286. The molecule has 10 heteroatoms. The molecule has 2 rings (SSSR count). The quantitative estimate of drug-likeness (QED) is 0.631. The molecule has 1 heterocycles. The van der Waals surface area contributed by atoms with E-state index in [4.69, 9.17) is 5.14 Å². The van der Waals surface area contributed by atoms with Crippen LogP contribution >= 0.6 is 11.8 Å². The van der Waals surface area contributed by atoms with Gasteiger partial charge in [0.15, 0.2) is 0 Å². The van der Waals surface area contributed by atoms with E-state index in [0.717, 1.165) is 29.6 Å². The molecule has 1 aromatic carbocycles. The number of halogens is 1. The van der Waals surface area contributed by atoms with E-state index >= 15 is 0 Å². The number of nitrogens with zero attached hydrogens (tertiary/aromatic N) is 1. The molecule has 0 fully saturated rings. The Morgan fingerprint density at radius 2 is 2.21 bits per heavy atom. The van der Waals surface area contributed by atoms with Gasteiger partial charge in [0.1, 0.15) is 5.82 Å². The fourth-order valence-corrected chi connectivity index (χ4v) is 3.30. The highest BCUT2D eigenvalue weighted by atomic mass is 32.2. The third-order valence-corrected chi connectivity index (χ3v) is 5.10. The van der Waals surface area contributed by atoms with Crippen LogP contribution in [0.25, 0.3) is 0 Å². The summed E-state index contributed by atoms with van der Waals surface area (Å²) in [6, 6.07) is 2.85. The second-order valence-corrected chi connectivity index (χ2v) is 7.64. The summed E-state index contributed by atoms with van der Waals surface area (Å²) in [6.45, 7) is 2.23. The van der Waals surface area contributed by atoms with Gasteiger partial charge in [0, 0.05) is 23.7 Å². The average molecular weight is 372 g/mol. The molecule has 0 bridgehead atoms. The SMILES string of the molecule is Cc1[nH]cnc1CSCCNC(=O)c1cc(S(N)(=O)=O)ccc1F. The number of aromatic amines is 1. The minimum Gasteiger partial charge on any atom is -0.351 e. The number of rotatable bonds is 7. The number of sulfonamides is 1. The molecule has 0 aliphatic carbocycles. The third kappa shape index (κ3) is 4.79. The molecule has 0 aliphatic rings. The number of carbonyl (C=O) groups is 1. The number of benzene rings is 1. The number of H-pyrrole nitrogens is 1. The van der Waals surface area contributed by atoms with Crippen molar-refractivity contribution in [3.05, 3.63) is 47.3 Å². The highest BCUT2D eigenvalue weighted by Crippen LogP contribution is 2.14. The monoisotopic (exact) mass is 372 g/mol. The smallest absolute Gasteiger partial charge is 0.254 e. The molecule has 0 saturated heterocycles. The van der Waals surface area contributed by atoms with Crippen molar-refractivity contribution in [1.29, 1.82) is 0 Å². The number of aromatic nitrogens is 2. The first-order valence-corrected chi connectivity index (χ1v) is 9.66. The first-order chi connectivity index (χ1) is 11.3. The molecule has 0 atom stereocenters. The number of amides is 1. The van der Waals surface area contributed by atoms with Crippen LogP contribution in [0.3, 0.4) is 0 Å². The van der Waals surface area contributed by atoms with Crippen LogP contribution in [0.5, 0.6) is 0 Å². The molecule has 0 unspecified atom stereocenters. The zero-order valence-electron chi connectivity index (χ0n) is 12.9.